The number of nitrogens with zero attached hydrogens (tertiary/aromatic N) is 2. The lowest BCUT2D eigenvalue weighted by Gasteiger charge is -2.25. The molecule has 27 heavy (non-hydrogen) atoms. The fraction of sp³-hybridized carbons (Fsp3) is 0.222. The van der Waals surface area contributed by atoms with Gasteiger partial charge in [-0.2, -0.15) is 0 Å². The summed E-state index contributed by atoms with van der Waals surface area (Å²) in [7, 11) is 2.33. The number of rotatable bonds is 4. The largest absolute Gasteiger partial charge is 0.465 e. The molecule has 0 saturated heterocycles. The number of ether oxygens (including phenoxy) is 2. The van der Waals surface area contributed by atoms with Gasteiger partial charge in [0.2, 0.25) is 0 Å². The quantitative estimate of drug-likeness (QED) is 0.404. The first-order valence-electron chi connectivity index (χ1n) is 7.73. The second-order valence-electron chi connectivity index (χ2n) is 5.57. The number of nitro groups is 1. The van der Waals surface area contributed by atoms with Crippen molar-refractivity contribution in [2.45, 2.75) is 13.8 Å². The van der Waals surface area contributed by atoms with Crippen molar-refractivity contribution in [3.8, 4) is 0 Å². The van der Waals surface area contributed by atoms with E-state index >= 15 is 0 Å². The zero-order chi connectivity index (χ0) is 20.3. The van der Waals surface area contributed by atoms with Crippen molar-refractivity contribution in [3.63, 3.8) is 0 Å². The molecule has 9 heteroatoms. The number of benzene rings is 1. The van der Waals surface area contributed by atoms with E-state index in [-0.39, 0.29) is 22.6 Å². The van der Waals surface area contributed by atoms with Crippen molar-refractivity contribution < 1.29 is 24.0 Å². The lowest BCUT2D eigenvalue weighted by Crippen LogP contribution is -2.28. The Bertz CT molecular complexity index is 917. The Balaban J connectivity index is 2.91. The van der Waals surface area contributed by atoms with Crippen LogP contribution in [-0.4, -0.2) is 31.1 Å². The summed E-state index contributed by atoms with van der Waals surface area (Å²) in [5.41, 5.74) is 1.04. The molecule has 0 aliphatic carbocycles. The number of hydrogen-bond donors (Lipinski definition) is 0. The van der Waals surface area contributed by atoms with Gasteiger partial charge in [0.1, 0.15) is 11.4 Å². The number of aryl methyl sites for hydroxylation is 1. The molecule has 0 radical (unpaired) electrons. The van der Waals surface area contributed by atoms with Crippen molar-refractivity contribution >= 4 is 39.2 Å². The summed E-state index contributed by atoms with van der Waals surface area (Å²) in [6, 6.07) is 1.41. The van der Waals surface area contributed by atoms with Crippen LogP contribution in [0.2, 0.25) is 0 Å². The Morgan fingerprint density at radius 2 is 1.78 bits per heavy atom. The minimum Gasteiger partial charge on any atom is -0.465 e. The molecule has 1 aliphatic rings. The zero-order valence-corrected chi connectivity index (χ0v) is 16.7. The van der Waals surface area contributed by atoms with E-state index in [4.69, 9.17) is 9.47 Å². The van der Waals surface area contributed by atoms with Gasteiger partial charge in [-0.25, -0.2) is 9.59 Å². The van der Waals surface area contributed by atoms with Crippen LogP contribution in [0.4, 0.5) is 11.4 Å². The van der Waals surface area contributed by atoms with E-state index in [1.54, 1.807) is 19.9 Å². The maximum atomic E-state index is 12.5. The van der Waals surface area contributed by atoms with Crippen LogP contribution >= 0.6 is 15.9 Å². The molecule has 1 aliphatic heterocycles. The van der Waals surface area contributed by atoms with Gasteiger partial charge in [0.25, 0.3) is 5.69 Å². The SMILES string of the molecule is COC(=O)C1=C(C(=O)OC)N(c2c([N+](=O)[O-])cc(C)c(C)c2Br)C=CC=C1. The molecule has 1 heterocycles. The number of halogens is 1. The molecular weight excluding hydrogens is 420 g/mol. The van der Waals surface area contributed by atoms with E-state index in [9.17, 15) is 19.7 Å². The Hall–Kier alpha value is -2.94. The highest BCUT2D eigenvalue weighted by atomic mass is 79.9. The minimum absolute atomic E-state index is 0.0891. The molecule has 0 bridgehead atoms. The summed E-state index contributed by atoms with van der Waals surface area (Å²) in [5.74, 6) is -1.62. The first kappa shape index (κ1) is 20.4. The average molecular weight is 437 g/mol. The molecule has 0 N–H and O–H groups in total. The molecule has 0 aromatic heterocycles. The predicted molar refractivity (Wildman–Crippen MR) is 102 cm³/mol. The number of anilines is 1. The van der Waals surface area contributed by atoms with Crippen LogP contribution in [-0.2, 0) is 19.1 Å². The van der Waals surface area contributed by atoms with Crippen molar-refractivity contribution in [1.82, 2.24) is 0 Å². The van der Waals surface area contributed by atoms with Crippen molar-refractivity contribution in [3.05, 3.63) is 67.5 Å². The van der Waals surface area contributed by atoms with Crippen LogP contribution in [0.25, 0.3) is 0 Å². The molecule has 0 fully saturated rings. The van der Waals surface area contributed by atoms with Crippen LogP contribution in [0, 0.1) is 24.0 Å². The second-order valence-corrected chi connectivity index (χ2v) is 6.37. The molecule has 142 valence electrons. The highest BCUT2D eigenvalue weighted by Crippen LogP contribution is 2.42. The van der Waals surface area contributed by atoms with Gasteiger partial charge in [0.15, 0.2) is 0 Å². The normalized spacial score (nSPS) is 13.4. The van der Waals surface area contributed by atoms with Crippen molar-refractivity contribution in [2.75, 3.05) is 19.1 Å². The fourth-order valence-corrected chi connectivity index (χ4v) is 3.26. The maximum Gasteiger partial charge on any atom is 0.355 e. The van der Waals surface area contributed by atoms with E-state index in [1.165, 1.54) is 36.4 Å². The third-order valence-corrected chi connectivity index (χ3v) is 5.02. The molecule has 0 saturated carbocycles. The summed E-state index contributed by atoms with van der Waals surface area (Å²) in [6.45, 7) is 3.53. The fourth-order valence-electron chi connectivity index (χ4n) is 2.55. The monoisotopic (exact) mass is 436 g/mol. The Labute approximate surface area is 164 Å². The molecule has 0 unspecified atom stereocenters. The van der Waals surface area contributed by atoms with Crippen molar-refractivity contribution in [1.29, 1.82) is 0 Å². The summed E-state index contributed by atoms with van der Waals surface area (Å²) in [5, 5.41) is 11.7. The molecule has 1 aromatic rings. The van der Waals surface area contributed by atoms with E-state index < -0.39 is 16.9 Å². The minimum atomic E-state index is -0.842. The van der Waals surface area contributed by atoms with Crippen LogP contribution in [0.5, 0.6) is 0 Å². The van der Waals surface area contributed by atoms with E-state index in [2.05, 4.69) is 15.9 Å². The van der Waals surface area contributed by atoms with Crippen LogP contribution < -0.4 is 4.90 Å². The number of methoxy groups -OCH3 is 2. The second kappa shape index (κ2) is 8.17. The van der Waals surface area contributed by atoms with Gasteiger partial charge in [0, 0.05) is 12.3 Å². The smallest absolute Gasteiger partial charge is 0.355 e. The Morgan fingerprint density at radius 3 is 2.33 bits per heavy atom. The van der Waals surface area contributed by atoms with Crippen LogP contribution in [0.3, 0.4) is 0 Å². The summed E-state index contributed by atoms with van der Waals surface area (Å²) >= 11 is 3.39. The van der Waals surface area contributed by atoms with Gasteiger partial charge in [-0.05, 0) is 53.1 Å². The molecule has 0 atom stereocenters. The number of esters is 2. The molecule has 2 rings (SSSR count). The molecule has 1 aromatic carbocycles. The number of carbonyl (C=O) groups excluding carboxylic acids is 2. The Kier molecular flexibility index (Phi) is 6.17. The molecule has 8 nitrogen and oxygen atoms in total. The number of carbonyl (C=O) groups is 2. The molecular formula is C18H17BrN2O6. The van der Waals surface area contributed by atoms with E-state index in [0.717, 1.165) is 12.7 Å². The van der Waals surface area contributed by atoms with Gasteiger partial charge in [-0.1, -0.05) is 6.08 Å². The molecule has 0 amide bonds. The topological polar surface area (TPSA) is 99.0 Å². The highest BCUT2D eigenvalue weighted by Gasteiger charge is 2.33. The average Bonchev–Trinajstić information content (AvgIpc) is 2.87. The molecule has 0 spiro atoms. The number of hydrogen-bond acceptors (Lipinski definition) is 7. The van der Waals surface area contributed by atoms with Gasteiger partial charge in [-0.15, -0.1) is 0 Å². The standard InChI is InChI=1S/C18H17BrN2O6/c1-10-9-13(21(24)25)16(14(19)11(10)2)20-8-6-5-7-12(17(22)26-3)15(20)18(23)27-4/h5-9H,1-4H3. The van der Waals surface area contributed by atoms with Crippen LogP contribution in [0.1, 0.15) is 11.1 Å². The summed E-state index contributed by atoms with van der Waals surface area (Å²) < 4.78 is 9.99. The summed E-state index contributed by atoms with van der Waals surface area (Å²) in [6.07, 6.45) is 5.90. The third kappa shape index (κ3) is 3.77. The Morgan fingerprint density at radius 1 is 1.15 bits per heavy atom. The predicted octanol–water partition coefficient (Wildman–Crippen LogP) is 3.46. The lowest BCUT2D eigenvalue weighted by atomic mass is 10.1. The maximum absolute atomic E-state index is 12.5. The van der Waals surface area contributed by atoms with E-state index in [0.29, 0.717) is 10.0 Å². The van der Waals surface area contributed by atoms with Gasteiger partial charge in [0.05, 0.1) is 29.2 Å². The van der Waals surface area contributed by atoms with Gasteiger partial charge in [-0.3, -0.25) is 10.1 Å². The van der Waals surface area contributed by atoms with Gasteiger partial charge < -0.3 is 14.4 Å². The number of nitro benzene ring substituents is 1. The highest BCUT2D eigenvalue weighted by molar-refractivity contribution is 9.10. The summed E-state index contributed by atoms with van der Waals surface area (Å²) in [4.78, 5) is 37.1. The number of allylic oxidation sites excluding steroid dienone is 2. The van der Waals surface area contributed by atoms with Crippen LogP contribution in [0.15, 0.2) is 46.2 Å². The lowest BCUT2D eigenvalue weighted by molar-refractivity contribution is -0.384. The zero-order valence-electron chi connectivity index (χ0n) is 15.1. The first-order chi connectivity index (χ1) is 12.7. The van der Waals surface area contributed by atoms with E-state index in [1.807, 2.05) is 0 Å². The van der Waals surface area contributed by atoms with Crippen molar-refractivity contribution in [2.24, 2.45) is 0 Å². The third-order valence-electron chi connectivity index (χ3n) is 4.05. The first-order valence-corrected chi connectivity index (χ1v) is 8.53. The van der Waals surface area contributed by atoms with Gasteiger partial charge >= 0.3 is 11.9 Å².